The molecule has 1 aliphatic rings. The Hall–Kier alpha value is -0.800. The van der Waals surface area contributed by atoms with Crippen molar-refractivity contribution < 1.29 is 4.42 Å². The zero-order chi connectivity index (χ0) is 12.0. The minimum absolute atomic E-state index is 0.411. The molecule has 17 heavy (non-hydrogen) atoms. The second kappa shape index (κ2) is 6.22. The monoisotopic (exact) mass is 236 g/mol. The lowest BCUT2D eigenvalue weighted by atomic mass is 9.72. The predicted octanol–water partition coefficient (Wildman–Crippen LogP) is 2.67. The van der Waals surface area contributed by atoms with E-state index in [2.05, 4.69) is 5.32 Å². The first-order chi connectivity index (χ1) is 8.35. The van der Waals surface area contributed by atoms with Gasteiger partial charge in [-0.3, -0.25) is 0 Å². The molecule has 3 nitrogen and oxygen atoms in total. The second-order valence-corrected chi connectivity index (χ2v) is 5.27. The van der Waals surface area contributed by atoms with Crippen LogP contribution >= 0.6 is 0 Å². The first kappa shape index (κ1) is 12.7. The van der Waals surface area contributed by atoms with Gasteiger partial charge in [0.05, 0.1) is 12.8 Å². The van der Waals surface area contributed by atoms with Crippen LogP contribution in [0.25, 0.3) is 0 Å². The molecule has 3 heteroatoms. The number of nitrogens with two attached hydrogens (primary N) is 1. The maximum Gasteiger partial charge on any atom is 0.117 e. The molecule has 1 heterocycles. The van der Waals surface area contributed by atoms with Gasteiger partial charge in [-0.25, -0.2) is 0 Å². The van der Waals surface area contributed by atoms with Crippen LogP contribution in [-0.4, -0.2) is 13.1 Å². The van der Waals surface area contributed by atoms with E-state index in [1.807, 2.05) is 12.1 Å². The van der Waals surface area contributed by atoms with Crippen molar-refractivity contribution in [1.82, 2.24) is 5.32 Å². The minimum atomic E-state index is 0.411. The highest BCUT2D eigenvalue weighted by atomic mass is 16.3. The highest BCUT2D eigenvalue weighted by molar-refractivity contribution is 4.97. The summed E-state index contributed by atoms with van der Waals surface area (Å²) in [5.74, 6) is 1.01. The van der Waals surface area contributed by atoms with Gasteiger partial charge in [0.15, 0.2) is 0 Å². The van der Waals surface area contributed by atoms with Gasteiger partial charge in [-0.05, 0) is 49.9 Å². The third-order valence-corrected chi connectivity index (χ3v) is 4.06. The number of furan rings is 1. The summed E-state index contributed by atoms with van der Waals surface area (Å²) >= 11 is 0. The van der Waals surface area contributed by atoms with Gasteiger partial charge >= 0.3 is 0 Å². The Morgan fingerprint density at radius 3 is 2.76 bits per heavy atom. The Labute approximate surface area is 104 Å². The van der Waals surface area contributed by atoms with Crippen molar-refractivity contribution in [3.63, 3.8) is 0 Å². The van der Waals surface area contributed by atoms with E-state index < -0.39 is 0 Å². The van der Waals surface area contributed by atoms with Gasteiger partial charge in [0, 0.05) is 0 Å². The molecule has 1 aromatic rings. The lowest BCUT2D eigenvalue weighted by molar-refractivity contribution is 0.180. The quantitative estimate of drug-likeness (QED) is 0.747. The van der Waals surface area contributed by atoms with Gasteiger partial charge in [-0.1, -0.05) is 19.3 Å². The second-order valence-electron chi connectivity index (χ2n) is 5.27. The van der Waals surface area contributed by atoms with Gasteiger partial charge in [-0.15, -0.1) is 0 Å². The fourth-order valence-electron chi connectivity index (χ4n) is 2.84. The SMILES string of the molecule is NCC1(CCNCc2ccco2)CCCCC1. The molecule has 1 aromatic heterocycles. The molecule has 1 fully saturated rings. The Balaban J connectivity index is 1.69. The van der Waals surface area contributed by atoms with Crippen LogP contribution in [0, 0.1) is 5.41 Å². The van der Waals surface area contributed by atoms with E-state index in [1.54, 1.807) is 6.26 Å². The normalized spacial score (nSPS) is 19.4. The van der Waals surface area contributed by atoms with Crippen molar-refractivity contribution >= 4 is 0 Å². The van der Waals surface area contributed by atoms with Crippen molar-refractivity contribution in [2.75, 3.05) is 13.1 Å². The molecular weight excluding hydrogens is 212 g/mol. The number of hydrogen-bond acceptors (Lipinski definition) is 3. The van der Waals surface area contributed by atoms with Crippen molar-refractivity contribution in [3.8, 4) is 0 Å². The van der Waals surface area contributed by atoms with Crippen LogP contribution < -0.4 is 11.1 Å². The van der Waals surface area contributed by atoms with E-state index in [1.165, 1.54) is 38.5 Å². The Morgan fingerprint density at radius 1 is 1.29 bits per heavy atom. The van der Waals surface area contributed by atoms with Crippen LogP contribution in [0.2, 0.25) is 0 Å². The summed E-state index contributed by atoms with van der Waals surface area (Å²) in [7, 11) is 0. The fourth-order valence-corrected chi connectivity index (χ4v) is 2.84. The van der Waals surface area contributed by atoms with Crippen LogP contribution in [0.5, 0.6) is 0 Å². The zero-order valence-corrected chi connectivity index (χ0v) is 10.6. The van der Waals surface area contributed by atoms with Crippen LogP contribution in [0.4, 0.5) is 0 Å². The van der Waals surface area contributed by atoms with Crippen LogP contribution in [0.3, 0.4) is 0 Å². The third-order valence-electron chi connectivity index (χ3n) is 4.06. The van der Waals surface area contributed by atoms with Crippen molar-refractivity contribution in [2.45, 2.75) is 45.1 Å². The van der Waals surface area contributed by atoms with Gasteiger partial charge in [-0.2, -0.15) is 0 Å². The summed E-state index contributed by atoms with van der Waals surface area (Å²) in [5.41, 5.74) is 6.38. The lowest BCUT2D eigenvalue weighted by Gasteiger charge is -2.36. The molecule has 96 valence electrons. The van der Waals surface area contributed by atoms with Crippen molar-refractivity contribution in [2.24, 2.45) is 11.1 Å². The molecule has 0 spiro atoms. The predicted molar refractivity (Wildman–Crippen MR) is 69.6 cm³/mol. The van der Waals surface area contributed by atoms with Gasteiger partial charge in [0.1, 0.15) is 5.76 Å². The molecule has 3 N–H and O–H groups in total. The molecule has 1 saturated carbocycles. The van der Waals surface area contributed by atoms with Crippen LogP contribution in [0.15, 0.2) is 22.8 Å². The number of rotatable bonds is 6. The van der Waals surface area contributed by atoms with E-state index in [0.717, 1.165) is 25.4 Å². The summed E-state index contributed by atoms with van der Waals surface area (Å²) in [6.45, 7) is 2.71. The van der Waals surface area contributed by atoms with Crippen LogP contribution in [0.1, 0.15) is 44.3 Å². The Kier molecular flexibility index (Phi) is 4.63. The van der Waals surface area contributed by atoms with Crippen molar-refractivity contribution in [3.05, 3.63) is 24.2 Å². The molecule has 0 aromatic carbocycles. The molecule has 0 atom stereocenters. The third kappa shape index (κ3) is 3.58. The summed E-state index contributed by atoms with van der Waals surface area (Å²) < 4.78 is 5.29. The highest BCUT2D eigenvalue weighted by Crippen LogP contribution is 2.37. The van der Waals surface area contributed by atoms with E-state index in [9.17, 15) is 0 Å². The van der Waals surface area contributed by atoms with Gasteiger partial charge in [0.25, 0.3) is 0 Å². The number of hydrogen-bond donors (Lipinski definition) is 2. The fraction of sp³-hybridized carbons (Fsp3) is 0.714. The maximum atomic E-state index is 5.97. The van der Waals surface area contributed by atoms with E-state index in [4.69, 9.17) is 10.2 Å². The van der Waals surface area contributed by atoms with Gasteiger partial charge in [0.2, 0.25) is 0 Å². The molecule has 0 saturated heterocycles. The molecule has 2 rings (SSSR count). The largest absolute Gasteiger partial charge is 0.468 e. The van der Waals surface area contributed by atoms with E-state index in [-0.39, 0.29) is 0 Å². The Morgan fingerprint density at radius 2 is 2.12 bits per heavy atom. The maximum absolute atomic E-state index is 5.97. The molecule has 0 amide bonds. The minimum Gasteiger partial charge on any atom is -0.468 e. The van der Waals surface area contributed by atoms with E-state index in [0.29, 0.717) is 5.41 Å². The first-order valence-corrected chi connectivity index (χ1v) is 6.78. The summed E-state index contributed by atoms with van der Waals surface area (Å²) in [4.78, 5) is 0. The zero-order valence-electron chi connectivity index (χ0n) is 10.6. The summed E-state index contributed by atoms with van der Waals surface area (Å²) in [6, 6.07) is 3.94. The molecule has 0 bridgehead atoms. The smallest absolute Gasteiger partial charge is 0.117 e. The standard InChI is InChI=1S/C14H24N2O/c15-12-14(6-2-1-3-7-14)8-9-16-11-13-5-4-10-17-13/h4-5,10,16H,1-3,6-9,11-12,15H2. The van der Waals surface area contributed by atoms with Crippen LogP contribution in [-0.2, 0) is 6.54 Å². The molecule has 0 unspecified atom stereocenters. The molecular formula is C14H24N2O. The first-order valence-electron chi connectivity index (χ1n) is 6.78. The highest BCUT2D eigenvalue weighted by Gasteiger charge is 2.29. The topological polar surface area (TPSA) is 51.2 Å². The van der Waals surface area contributed by atoms with E-state index >= 15 is 0 Å². The summed E-state index contributed by atoms with van der Waals surface area (Å²) in [6.07, 6.45) is 9.65. The average molecular weight is 236 g/mol. The number of nitrogens with one attached hydrogen (secondary N) is 1. The molecule has 1 aliphatic carbocycles. The summed E-state index contributed by atoms with van der Waals surface area (Å²) in [5, 5.41) is 3.44. The van der Waals surface area contributed by atoms with Gasteiger partial charge < -0.3 is 15.5 Å². The Bertz CT molecular complexity index is 302. The molecule has 0 aliphatic heterocycles. The van der Waals surface area contributed by atoms with Crippen molar-refractivity contribution in [1.29, 1.82) is 0 Å². The molecule has 0 radical (unpaired) electrons. The lowest BCUT2D eigenvalue weighted by Crippen LogP contribution is -2.35. The average Bonchev–Trinajstić information content (AvgIpc) is 2.89.